The van der Waals surface area contributed by atoms with Gasteiger partial charge in [0.15, 0.2) is 0 Å². The van der Waals surface area contributed by atoms with E-state index in [-0.39, 0.29) is 0 Å². The first kappa shape index (κ1) is 9.77. The van der Waals surface area contributed by atoms with Crippen LogP contribution in [0.5, 0.6) is 0 Å². The number of aromatic nitrogens is 1. The van der Waals surface area contributed by atoms with E-state index in [4.69, 9.17) is 10.2 Å². The van der Waals surface area contributed by atoms with Crippen LogP contribution in [0.3, 0.4) is 0 Å². The summed E-state index contributed by atoms with van der Waals surface area (Å²) in [4.78, 5) is 4.42. The van der Waals surface area contributed by atoms with Gasteiger partial charge in [-0.15, -0.1) is 0 Å². The monoisotopic (exact) mass is 202 g/mol. The summed E-state index contributed by atoms with van der Waals surface area (Å²) in [5, 5.41) is 0. The molecule has 2 N–H and O–H groups in total. The van der Waals surface area contributed by atoms with Crippen molar-refractivity contribution in [2.24, 2.45) is 0 Å². The lowest BCUT2D eigenvalue weighted by Gasteiger charge is -1.96. The maximum Gasteiger partial charge on any atom is 0.226 e. The van der Waals surface area contributed by atoms with Gasteiger partial charge in [-0.1, -0.05) is 13.0 Å². The number of aryl methyl sites for hydroxylation is 2. The largest absolute Gasteiger partial charge is 0.441 e. The third-order valence-corrected chi connectivity index (χ3v) is 2.36. The first-order valence-corrected chi connectivity index (χ1v) is 5.03. The lowest BCUT2D eigenvalue weighted by atomic mass is 10.2. The molecule has 0 bridgehead atoms. The van der Waals surface area contributed by atoms with Crippen LogP contribution in [-0.2, 0) is 6.42 Å². The highest BCUT2D eigenvalue weighted by Crippen LogP contribution is 2.23. The Bertz CT molecular complexity index is 474. The minimum absolute atomic E-state index is 0.650. The van der Waals surface area contributed by atoms with Gasteiger partial charge in [-0.2, -0.15) is 0 Å². The molecule has 0 aliphatic heterocycles. The SMILES string of the molecule is CCc1nc(-c2cccc(N)c2)oc1C. The Labute approximate surface area is 88.9 Å². The minimum Gasteiger partial charge on any atom is -0.441 e. The molecule has 0 fully saturated rings. The van der Waals surface area contributed by atoms with E-state index in [1.54, 1.807) is 0 Å². The number of nitrogen functional groups attached to an aromatic ring is 1. The predicted octanol–water partition coefficient (Wildman–Crippen LogP) is 2.79. The topological polar surface area (TPSA) is 52.0 Å². The molecule has 0 saturated heterocycles. The van der Waals surface area contributed by atoms with E-state index in [9.17, 15) is 0 Å². The summed E-state index contributed by atoms with van der Waals surface area (Å²) in [5.41, 5.74) is 8.36. The highest BCUT2D eigenvalue weighted by atomic mass is 16.4. The molecule has 0 spiro atoms. The summed E-state index contributed by atoms with van der Waals surface area (Å²) in [7, 11) is 0. The maximum atomic E-state index is 5.70. The van der Waals surface area contributed by atoms with Gasteiger partial charge in [0.2, 0.25) is 5.89 Å². The highest BCUT2D eigenvalue weighted by Gasteiger charge is 2.09. The van der Waals surface area contributed by atoms with Crippen molar-refractivity contribution in [3.63, 3.8) is 0 Å². The molecule has 0 aliphatic carbocycles. The van der Waals surface area contributed by atoms with Crippen LogP contribution < -0.4 is 5.73 Å². The van der Waals surface area contributed by atoms with Gasteiger partial charge in [-0.05, 0) is 31.5 Å². The fourth-order valence-corrected chi connectivity index (χ4v) is 1.55. The van der Waals surface area contributed by atoms with Crippen LogP contribution in [0.15, 0.2) is 28.7 Å². The van der Waals surface area contributed by atoms with Gasteiger partial charge in [0.1, 0.15) is 5.76 Å². The number of anilines is 1. The average molecular weight is 202 g/mol. The Hall–Kier alpha value is -1.77. The fourth-order valence-electron chi connectivity index (χ4n) is 1.55. The molecule has 15 heavy (non-hydrogen) atoms. The van der Waals surface area contributed by atoms with Crippen molar-refractivity contribution in [3.8, 4) is 11.5 Å². The molecule has 1 aromatic heterocycles. The molecule has 78 valence electrons. The Morgan fingerprint density at radius 2 is 2.20 bits per heavy atom. The second-order valence-corrected chi connectivity index (χ2v) is 3.50. The van der Waals surface area contributed by atoms with Crippen LogP contribution in [-0.4, -0.2) is 4.98 Å². The summed E-state index contributed by atoms with van der Waals surface area (Å²) < 4.78 is 5.58. The van der Waals surface area contributed by atoms with E-state index in [2.05, 4.69) is 11.9 Å². The zero-order valence-electron chi connectivity index (χ0n) is 8.95. The molecular weight excluding hydrogens is 188 g/mol. The predicted molar refractivity (Wildman–Crippen MR) is 60.5 cm³/mol. The quantitative estimate of drug-likeness (QED) is 0.762. The minimum atomic E-state index is 0.650. The Morgan fingerprint density at radius 3 is 2.80 bits per heavy atom. The van der Waals surface area contributed by atoms with Crippen LogP contribution in [0.1, 0.15) is 18.4 Å². The first-order valence-electron chi connectivity index (χ1n) is 5.03. The highest BCUT2D eigenvalue weighted by molar-refractivity contribution is 5.60. The number of oxazole rings is 1. The lowest BCUT2D eigenvalue weighted by Crippen LogP contribution is -1.86. The summed E-state index contributed by atoms with van der Waals surface area (Å²) in [6.07, 6.45) is 0.887. The number of rotatable bonds is 2. The third-order valence-electron chi connectivity index (χ3n) is 2.36. The second kappa shape index (κ2) is 3.77. The van der Waals surface area contributed by atoms with E-state index < -0.39 is 0 Å². The van der Waals surface area contributed by atoms with Gasteiger partial charge in [0.25, 0.3) is 0 Å². The lowest BCUT2D eigenvalue weighted by molar-refractivity contribution is 0.540. The van der Waals surface area contributed by atoms with Gasteiger partial charge in [-0.3, -0.25) is 0 Å². The average Bonchev–Trinajstić information content (AvgIpc) is 2.60. The standard InChI is InChI=1S/C12H14N2O/c1-3-11-8(2)15-12(14-11)9-5-4-6-10(13)7-9/h4-7H,3,13H2,1-2H3. The normalized spacial score (nSPS) is 10.5. The number of hydrogen-bond acceptors (Lipinski definition) is 3. The molecule has 1 heterocycles. The molecule has 2 aromatic rings. The van der Waals surface area contributed by atoms with E-state index >= 15 is 0 Å². The fraction of sp³-hybridized carbons (Fsp3) is 0.250. The Kier molecular flexibility index (Phi) is 2.46. The molecule has 3 nitrogen and oxygen atoms in total. The summed E-state index contributed by atoms with van der Waals surface area (Å²) >= 11 is 0. The second-order valence-electron chi connectivity index (χ2n) is 3.50. The van der Waals surface area contributed by atoms with Crippen LogP contribution >= 0.6 is 0 Å². The molecule has 1 aromatic carbocycles. The number of nitrogens with two attached hydrogens (primary N) is 1. The molecule has 2 rings (SSSR count). The zero-order chi connectivity index (χ0) is 10.8. The van der Waals surface area contributed by atoms with Crippen molar-refractivity contribution < 1.29 is 4.42 Å². The van der Waals surface area contributed by atoms with Gasteiger partial charge in [-0.25, -0.2) is 4.98 Å². The van der Waals surface area contributed by atoms with E-state index in [1.807, 2.05) is 31.2 Å². The van der Waals surface area contributed by atoms with Crippen molar-refractivity contribution in [1.29, 1.82) is 0 Å². The van der Waals surface area contributed by atoms with Crippen LogP contribution in [0.4, 0.5) is 5.69 Å². The third kappa shape index (κ3) is 1.86. The smallest absolute Gasteiger partial charge is 0.226 e. The summed E-state index contributed by atoms with van der Waals surface area (Å²) in [6, 6.07) is 7.56. The number of nitrogens with zero attached hydrogens (tertiary/aromatic N) is 1. The molecule has 0 amide bonds. The van der Waals surface area contributed by atoms with E-state index in [0.717, 1.165) is 29.1 Å². The number of hydrogen-bond donors (Lipinski definition) is 1. The van der Waals surface area contributed by atoms with Crippen molar-refractivity contribution in [3.05, 3.63) is 35.7 Å². The molecule has 0 aliphatic rings. The van der Waals surface area contributed by atoms with Crippen molar-refractivity contribution in [2.75, 3.05) is 5.73 Å². The summed E-state index contributed by atoms with van der Waals surface area (Å²) in [6.45, 7) is 4.00. The molecule has 0 unspecified atom stereocenters. The van der Waals surface area contributed by atoms with Gasteiger partial charge < -0.3 is 10.2 Å². The van der Waals surface area contributed by atoms with Crippen LogP contribution in [0.2, 0.25) is 0 Å². The van der Waals surface area contributed by atoms with Gasteiger partial charge >= 0.3 is 0 Å². The molecule has 0 atom stereocenters. The molecular formula is C12H14N2O. The zero-order valence-corrected chi connectivity index (χ0v) is 8.95. The molecule has 0 saturated carbocycles. The summed E-state index contributed by atoms with van der Waals surface area (Å²) in [5.74, 6) is 1.53. The maximum absolute atomic E-state index is 5.70. The van der Waals surface area contributed by atoms with Crippen molar-refractivity contribution in [1.82, 2.24) is 4.98 Å². The Balaban J connectivity index is 2.45. The van der Waals surface area contributed by atoms with Crippen molar-refractivity contribution >= 4 is 5.69 Å². The van der Waals surface area contributed by atoms with Crippen LogP contribution in [0, 0.1) is 6.92 Å². The Morgan fingerprint density at radius 1 is 1.40 bits per heavy atom. The molecule has 3 heteroatoms. The van der Waals surface area contributed by atoms with E-state index in [0.29, 0.717) is 5.89 Å². The number of benzene rings is 1. The first-order chi connectivity index (χ1) is 7.20. The van der Waals surface area contributed by atoms with Gasteiger partial charge in [0, 0.05) is 11.3 Å². The van der Waals surface area contributed by atoms with E-state index in [1.165, 1.54) is 0 Å². The van der Waals surface area contributed by atoms with Crippen LogP contribution in [0.25, 0.3) is 11.5 Å². The van der Waals surface area contributed by atoms with Crippen molar-refractivity contribution in [2.45, 2.75) is 20.3 Å². The van der Waals surface area contributed by atoms with Gasteiger partial charge in [0.05, 0.1) is 5.69 Å². The molecule has 0 radical (unpaired) electrons.